The van der Waals surface area contributed by atoms with Gasteiger partial charge in [-0.3, -0.25) is 4.90 Å². The summed E-state index contributed by atoms with van der Waals surface area (Å²) < 4.78 is 10.5. The second-order valence-electron chi connectivity index (χ2n) is 6.34. The standard InChI is InChI=1S/C16H22N6O2/c1-23-14-5-6-17-16(19-14)22-8-2-7-21(9-10-22)11-13-18-15(24-20-13)12-3-4-12/h5-6,12H,2-4,7-11H2,1H3. The Kier molecular flexibility index (Phi) is 4.29. The summed E-state index contributed by atoms with van der Waals surface area (Å²) in [6.45, 7) is 4.48. The third-order valence-electron chi connectivity index (χ3n) is 4.47. The number of nitrogens with zero attached hydrogens (tertiary/aromatic N) is 6. The van der Waals surface area contributed by atoms with E-state index in [9.17, 15) is 0 Å². The van der Waals surface area contributed by atoms with E-state index in [1.54, 1.807) is 19.4 Å². The van der Waals surface area contributed by atoms with Gasteiger partial charge in [-0.2, -0.15) is 9.97 Å². The van der Waals surface area contributed by atoms with Crippen molar-refractivity contribution in [2.75, 3.05) is 38.2 Å². The van der Waals surface area contributed by atoms with Gasteiger partial charge >= 0.3 is 0 Å². The van der Waals surface area contributed by atoms with Gasteiger partial charge in [-0.25, -0.2) is 4.98 Å². The van der Waals surface area contributed by atoms with Crippen LogP contribution in [0.1, 0.15) is 36.9 Å². The number of hydrogen-bond donors (Lipinski definition) is 0. The maximum absolute atomic E-state index is 5.35. The van der Waals surface area contributed by atoms with Gasteiger partial charge in [0.2, 0.25) is 17.7 Å². The van der Waals surface area contributed by atoms with E-state index in [-0.39, 0.29) is 0 Å². The fourth-order valence-electron chi connectivity index (χ4n) is 2.96. The molecule has 2 aliphatic rings. The molecule has 0 radical (unpaired) electrons. The minimum absolute atomic E-state index is 0.510. The van der Waals surface area contributed by atoms with Crippen LogP contribution in [0.5, 0.6) is 5.88 Å². The Morgan fingerprint density at radius 2 is 2.12 bits per heavy atom. The van der Waals surface area contributed by atoms with Gasteiger partial charge in [0.25, 0.3) is 0 Å². The van der Waals surface area contributed by atoms with Crippen molar-refractivity contribution in [3.8, 4) is 5.88 Å². The minimum atomic E-state index is 0.510. The van der Waals surface area contributed by atoms with Gasteiger partial charge in [0.15, 0.2) is 5.82 Å². The summed E-state index contributed by atoms with van der Waals surface area (Å²) in [6, 6.07) is 1.77. The van der Waals surface area contributed by atoms with E-state index in [1.807, 2.05) is 0 Å². The van der Waals surface area contributed by atoms with Gasteiger partial charge in [0, 0.05) is 44.4 Å². The molecule has 24 heavy (non-hydrogen) atoms. The summed E-state index contributed by atoms with van der Waals surface area (Å²) in [4.78, 5) is 17.9. The summed E-state index contributed by atoms with van der Waals surface area (Å²) >= 11 is 0. The molecular weight excluding hydrogens is 308 g/mol. The van der Waals surface area contributed by atoms with Gasteiger partial charge < -0.3 is 14.2 Å². The molecular formula is C16H22N6O2. The highest BCUT2D eigenvalue weighted by Gasteiger charge is 2.30. The molecule has 0 atom stereocenters. The third kappa shape index (κ3) is 3.48. The molecule has 2 aromatic heterocycles. The number of methoxy groups -OCH3 is 1. The van der Waals surface area contributed by atoms with Crippen molar-refractivity contribution in [2.45, 2.75) is 31.7 Å². The average molecular weight is 330 g/mol. The monoisotopic (exact) mass is 330 g/mol. The van der Waals surface area contributed by atoms with Crippen molar-refractivity contribution >= 4 is 5.95 Å². The van der Waals surface area contributed by atoms with E-state index >= 15 is 0 Å². The van der Waals surface area contributed by atoms with Crippen molar-refractivity contribution in [3.63, 3.8) is 0 Å². The molecule has 3 heterocycles. The number of anilines is 1. The zero-order valence-corrected chi connectivity index (χ0v) is 13.9. The van der Waals surface area contributed by atoms with Crippen LogP contribution in [-0.2, 0) is 6.54 Å². The van der Waals surface area contributed by atoms with Crippen LogP contribution >= 0.6 is 0 Å². The fourth-order valence-corrected chi connectivity index (χ4v) is 2.96. The summed E-state index contributed by atoms with van der Waals surface area (Å²) in [7, 11) is 1.62. The quantitative estimate of drug-likeness (QED) is 0.815. The lowest BCUT2D eigenvalue weighted by Crippen LogP contribution is -2.31. The number of rotatable bonds is 5. The molecule has 0 bridgehead atoms. The first-order chi connectivity index (χ1) is 11.8. The SMILES string of the molecule is COc1ccnc(N2CCCN(Cc3noc(C4CC4)n3)CC2)n1. The zero-order valence-electron chi connectivity index (χ0n) is 13.9. The Morgan fingerprint density at radius 1 is 1.21 bits per heavy atom. The predicted octanol–water partition coefficient (Wildman–Crippen LogP) is 1.46. The summed E-state index contributed by atoms with van der Waals surface area (Å²) in [5.74, 6) is 3.44. The number of hydrogen-bond acceptors (Lipinski definition) is 8. The van der Waals surface area contributed by atoms with Crippen LogP contribution in [-0.4, -0.2) is 58.3 Å². The number of aromatic nitrogens is 4. The fraction of sp³-hybridized carbons (Fsp3) is 0.625. The van der Waals surface area contributed by atoms with Gasteiger partial charge in [-0.15, -0.1) is 0 Å². The van der Waals surface area contributed by atoms with Crippen LogP contribution < -0.4 is 9.64 Å². The summed E-state index contributed by atoms with van der Waals surface area (Å²) in [6.07, 6.45) is 5.15. The third-order valence-corrected chi connectivity index (χ3v) is 4.47. The van der Waals surface area contributed by atoms with Crippen molar-refractivity contribution in [2.24, 2.45) is 0 Å². The smallest absolute Gasteiger partial charge is 0.229 e. The lowest BCUT2D eigenvalue weighted by Gasteiger charge is -2.21. The predicted molar refractivity (Wildman–Crippen MR) is 87.0 cm³/mol. The molecule has 0 aromatic carbocycles. The van der Waals surface area contributed by atoms with Gasteiger partial charge in [-0.05, 0) is 19.3 Å². The Bertz CT molecular complexity index is 687. The van der Waals surface area contributed by atoms with Gasteiger partial charge in [0.1, 0.15) is 0 Å². The van der Waals surface area contributed by atoms with Crippen LogP contribution in [0.15, 0.2) is 16.8 Å². The molecule has 1 aliphatic carbocycles. The van der Waals surface area contributed by atoms with E-state index in [0.29, 0.717) is 11.8 Å². The van der Waals surface area contributed by atoms with Crippen molar-refractivity contribution < 1.29 is 9.26 Å². The van der Waals surface area contributed by atoms with Crippen LogP contribution in [0.4, 0.5) is 5.95 Å². The molecule has 0 spiro atoms. The first-order valence-corrected chi connectivity index (χ1v) is 8.48. The summed E-state index contributed by atoms with van der Waals surface area (Å²) in [5.41, 5.74) is 0. The Morgan fingerprint density at radius 3 is 2.96 bits per heavy atom. The van der Waals surface area contributed by atoms with E-state index in [1.165, 1.54) is 12.8 Å². The van der Waals surface area contributed by atoms with Crippen LogP contribution in [0.3, 0.4) is 0 Å². The molecule has 8 heteroatoms. The topological polar surface area (TPSA) is 80.4 Å². The van der Waals surface area contributed by atoms with E-state index in [4.69, 9.17) is 9.26 Å². The molecule has 128 valence electrons. The molecule has 1 saturated carbocycles. The first kappa shape index (κ1) is 15.3. The summed E-state index contributed by atoms with van der Waals surface area (Å²) in [5, 5.41) is 4.12. The Hall–Kier alpha value is -2.22. The van der Waals surface area contributed by atoms with Crippen molar-refractivity contribution in [1.29, 1.82) is 0 Å². The zero-order chi connectivity index (χ0) is 16.4. The maximum Gasteiger partial charge on any atom is 0.229 e. The lowest BCUT2D eigenvalue weighted by molar-refractivity contribution is 0.271. The molecule has 0 unspecified atom stereocenters. The van der Waals surface area contributed by atoms with Crippen LogP contribution in [0.2, 0.25) is 0 Å². The second-order valence-corrected chi connectivity index (χ2v) is 6.34. The maximum atomic E-state index is 5.35. The molecule has 0 amide bonds. The van der Waals surface area contributed by atoms with E-state index < -0.39 is 0 Å². The largest absolute Gasteiger partial charge is 0.481 e. The lowest BCUT2D eigenvalue weighted by atomic mass is 10.4. The molecule has 0 N–H and O–H groups in total. The van der Waals surface area contributed by atoms with Crippen molar-refractivity contribution in [3.05, 3.63) is 24.0 Å². The normalized spacial score (nSPS) is 19.3. The number of ether oxygens (including phenoxy) is 1. The molecule has 2 fully saturated rings. The van der Waals surface area contributed by atoms with E-state index in [0.717, 1.165) is 56.8 Å². The molecule has 1 saturated heterocycles. The average Bonchev–Trinajstić information content (AvgIpc) is 3.40. The molecule has 4 rings (SSSR count). The molecule has 2 aromatic rings. The van der Waals surface area contributed by atoms with Gasteiger partial charge in [-0.1, -0.05) is 5.16 Å². The highest BCUT2D eigenvalue weighted by Crippen LogP contribution is 2.38. The Balaban J connectivity index is 1.36. The van der Waals surface area contributed by atoms with Gasteiger partial charge in [0.05, 0.1) is 13.7 Å². The Labute approximate surface area is 140 Å². The molecule has 8 nitrogen and oxygen atoms in total. The molecule has 1 aliphatic heterocycles. The second kappa shape index (κ2) is 6.72. The van der Waals surface area contributed by atoms with Crippen molar-refractivity contribution in [1.82, 2.24) is 25.0 Å². The van der Waals surface area contributed by atoms with Crippen LogP contribution in [0, 0.1) is 0 Å². The highest BCUT2D eigenvalue weighted by molar-refractivity contribution is 5.32. The first-order valence-electron chi connectivity index (χ1n) is 8.48. The van der Waals surface area contributed by atoms with Crippen LogP contribution in [0.25, 0.3) is 0 Å². The highest BCUT2D eigenvalue weighted by atomic mass is 16.5. The van der Waals surface area contributed by atoms with E-state index in [2.05, 4.69) is 29.9 Å². The minimum Gasteiger partial charge on any atom is -0.481 e.